The Morgan fingerprint density at radius 1 is 1.14 bits per heavy atom. The second-order valence-corrected chi connectivity index (χ2v) is 6.52. The first-order chi connectivity index (χ1) is 10.1. The molecule has 0 aliphatic rings. The van der Waals surface area contributed by atoms with Gasteiger partial charge in [0.2, 0.25) is 0 Å². The zero-order valence-corrected chi connectivity index (χ0v) is 13.9. The molecule has 0 bridgehead atoms. The van der Waals surface area contributed by atoms with Crippen LogP contribution in [0.5, 0.6) is 11.5 Å². The van der Waals surface area contributed by atoms with Crippen molar-refractivity contribution in [1.29, 1.82) is 0 Å². The van der Waals surface area contributed by atoms with Crippen LogP contribution in [0.3, 0.4) is 0 Å². The Morgan fingerprint density at radius 2 is 1.95 bits per heavy atom. The maximum Gasteiger partial charge on any atom is 0.165 e. The molecule has 2 aromatic rings. The van der Waals surface area contributed by atoms with E-state index < -0.39 is 0 Å². The number of nitrogens with one attached hydrogen (secondary N) is 1. The molecule has 1 N–H and O–H groups in total. The zero-order chi connectivity index (χ0) is 15.2. The van der Waals surface area contributed by atoms with Crippen LogP contribution in [0.4, 0.5) is 0 Å². The minimum atomic E-state index is 0.416. The van der Waals surface area contributed by atoms with E-state index >= 15 is 0 Å². The first kappa shape index (κ1) is 15.9. The van der Waals surface area contributed by atoms with E-state index in [2.05, 4.69) is 37.4 Å². The summed E-state index contributed by atoms with van der Waals surface area (Å²) < 4.78 is 10.8. The number of ether oxygens (including phenoxy) is 2. The van der Waals surface area contributed by atoms with E-state index in [0.29, 0.717) is 6.04 Å². The van der Waals surface area contributed by atoms with Gasteiger partial charge in [0.05, 0.1) is 14.2 Å². The highest BCUT2D eigenvalue weighted by Crippen LogP contribution is 2.30. The maximum absolute atomic E-state index is 5.46. The average Bonchev–Trinajstić information content (AvgIpc) is 2.89. The standard InChI is InChI=1S/C17H23NO2S/c1-12(10-15-9-8-13(2)21-15)18-11-14-6-5-7-16(19-3)17(14)20-4/h5-9,12,18H,10-11H2,1-4H3. The Labute approximate surface area is 130 Å². The lowest BCUT2D eigenvalue weighted by atomic mass is 10.1. The van der Waals surface area contributed by atoms with Crippen LogP contribution in [0.15, 0.2) is 30.3 Å². The molecular weight excluding hydrogens is 282 g/mol. The predicted octanol–water partition coefficient (Wildman–Crippen LogP) is 3.79. The van der Waals surface area contributed by atoms with Crippen molar-refractivity contribution in [2.75, 3.05) is 14.2 Å². The van der Waals surface area contributed by atoms with Gasteiger partial charge in [-0.25, -0.2) is 0 Å². The fourth-order valence-electron chi connectivity index (χ4n) is 2.35. The van der Waals surface area contributed by atoms with Crippen LogP contribution in [0.2, 0.25) is 0 Å². The first-order valence-corrected chi connectivity index (χ1v) is 7.94. The molecule has 21 heavy (non-hydrogen) atoms. The minimum absolute atomic E-state index is 0.416. The fraction of sp³-hybridized carbons (Fsp3) is 0.412. The highest BCUT2D eigenvalue weighted by molar-refractivity contribution is 7.11. The summed E-state index contributed by atoms with van der Waals surface area (Å²) in [6.07, 6.45) is 1.05. The maximum atomic E-state index is 5.46. The summed E-state index contributed by atoms with van der Waals surface area (Å²) in [6, 6.07) is 10.8. The number of thiophene rings is 1. The van der Waals surface area contributed by atoms with E-state index in [0.717, 1.165) is 30.0 Å². The Bertz CT molecular complexity index is 580. The van der Waals surface area contributed by atoms with E-state index in [1.165, 1.54) is 9.75 Å². The van der Waals surface area contributed by atoms with Gasteiger partial charge in [0.1, 0.15) is 0 Å². The van der Waals surface area contributed by atoms with Crippen molar-refractivity contribution in [1.82, 2.24) is 5.32 Å². The van der Waals surface area contributed by atoms with Crippen molar-refractivity contribution in [2.45, 2.75) is 32.9 Å². The SMILES string of the molecule is COc1cccc(CNC(C)Cc2ccc(C)s2)c1OC. The van der Waals surface area contributed by atoms with Gasteiger partial charge in [0, 0.05) is 27.9 Å². The predicted molar refractivity (Wildman–Crippen MR) is 88.6 cm³/mol. The van der Waals surface area contributed by atoms with Gasteiger partial charge in [0.25, 0.3) is 0 Å². The van der Waals surface area contributed by atoms with Gasteiger partial charge < -0.3 is 14.8 Å². The molecule has 1 aromatic heterocycles. The van der Waals surface area contributed by atoms with Crippen molar-refractivity contribution in [3.63, 3.8) is 0 Å². The van der Waals surface area contributed by atoms with Crippen LogP contribution in [-0.2, 0) is 13.0 Å². The van der Waals surface area contributed by atoms with Gasteiger partial charge in [-0.2, -0.15) is 0 Å². The third-order valence-corrected chi connectivity index (χ3v) is 4.45. The lowest BCUT2D eigenvalue weighted by Crippen LogP contribution is -2.27. The second kappa shape index (κ2) is 7.48. The molecule has 0 aliphatic heterocycles. The largest absolute Gasteiger partial charge is 0.493 e. The average molecular weight is 305 g/mol. The highest BCUT2D eigenvalue weighted by atomic mass is 32.1. The van der Waals surface area contributed by atoms with Crippen molar-refractivity contribution in [3.8, 4) is 11.5 Å². The van der Waals surface area contributed by atoms with E-state index in [4.69, 9.17) is 9.47 Å². The third kappa shape index (κ3) is 4.22. The topological polar surface area (TPSA) is 30.5 Å². The lowest BCUT2D eigenvalue weighted by Gasteiger charge is -2.16. The molecule has 1 heterocycles. The molecule has 0 amide bonds. The first-order valence-electron chi connectivity index (χ1n) is 7.12. The number of hydrogen-bond donors (Lipinski definition) is 1. The molecule has 114 valence electrons. The van der Waals surface area contributed by atoms with Crippen LogP contribution in [0.25, 0.3) is 0 Å². The number of aryl methyl sites for hydroxylation is 1. The quantitative estimate of drug-likeness (QED) is 0.844. The van der Waals surface area contributed by atoms with E-state index in [1.807, 2.05) is 23.5 Å². The molecule has 0 aliphatic carbocycles. The fourth-order valence-corrected chi connectivity index (χ4v) is 3.36. The summed E-state index contributed by atoms with van der Waals surface area (Å²) in [4.78, 5) is 2.79. The van der Waals surface area contributed by atoms with Gasteiger partial charge >= 0.3 is 0 Å². The normalized spacial score (nSPS) is 12.2. The summed E-state index contributed by atoms with van der Waals surface area (Å²) in [7, 11) is 3.34. The molecule has 0 radical (unpaired) electrons. The Hall–Kier alpha value is -1.52. The number of para-hydroxylation sites is 1. The Morgan fingerprint density at radius 3 is 2.57 bits per heavy atom. The molecule has 1 aromatic carbocycles. The summed E-state index contributed by atoms with van der Waals surface area (Å²) in [5.41, 5.74) is 1.12. The van der Waals surface area contributed by atoms with Crippen LogP contribution in [0.1, 0.15) is 22.2 Å². The molecule has 2 rings (SSSR count). The Kier molecular flexibility index (Phi) is 5.65. The molecule has 1 unspecified atom stereocenters. The van der Waals surface area contributed by atoms with Crippen molar-refractivity contribution in [3.05, 3.63) is 45.6 Å². The van der Waals surface area contributed by atoms with Gasteiger partial charge in [-0.1, -0.05) is 12.1 Å². The molecule has 1 atom stereocenters. The summed E-state index contributed by atoms with van der Waals surface area (Å²) in [6.45, 7) is 5.13. The van der Waals surface area contributed by atoms with Crippen LogP contribution in [0, 0.1) is 6.92 Å². The number of benzene rings is 1. The zero-order valence-electron chi connectivity index (χ0n) is 13.1. The smallest absolute Gasteiger partial charge is 0.165 e. The van der Waals surface area contributed by atoms with Gasteiger partial charge in [-0.05, 0) is 38.5 Å². The Balaban J connectivity index is 1.96. The van der Waals surface area contributed by atoms with E-state index in [9.17, 15) is 0 Å². The molecular formula is C17H23NO2S. The van der Waals surface area contributed by atoms with Gasteiger partial charge in [-0.3, -0.25) is 0 Å². The number of methoxy groups -OCH3 is 2. The van der Waals surface area contributed by atoms with Crippen molar-refractivity contribution >= 4 is 11.3 Å². The molecule has 3 nitrogen and oxygen atoms in total. The molecule has 0 fully saturated rings. The second-order valence-electron chi connectivity index (χ2n) is 5.15. The minimum Gasteiger partial charge on any atom is -0.493 e. The third-order valence-electron chi connectivity index (χ3n) is 3.43. The summed E-state index contributed by atoms with van der Waals surface area (Å²) in [5.74, 6) is 1.59. The number of hydrogen-bond acceptors (Lipinski definition) is 4. The van der Waals surface area contributed by atoms with Crippen LogP contribution >= 0.6 is 11.3 Å². The van der Waals surface area contributed by atoms with Crippen LogP contribution < -0.4 is 14.8 Å². The summed E-state index contributed by atoms with van der Waals surface area (Å²) in [5, 5.41) is 3.55. The molecule has 0 spiro atoms. The molecule has 0 saturated heterocycles. The summed E-state index contributed by atoms with van der Waals surface area (Å²) >= 11 is 1.87. The lowest BCUT2D eigenvalue weighted by molar-refractivity contribution is 0.350. The van der Waals surface area contributed by atoms with Crippen molar-refractivity contribution < 1.29 is 9.47 Å². The monoisotopic (exact) mass is 305 g/mol. The molecule has 0 saturated carbocycles. The van der Waals surface area contributed by atoms with E-state index in [1.54, 1.807) is 14.2 Å². The number of rotatable bonds is 7. The van der Waals surface area contributed by atoms with E-state index in [-0.39, 0.29) is 0 Å². The van der Waals surface area contributed by atoms with Gasteiger partial charge in [-0.15, -0.1) is 11.3 Å². The van der Waals surface area contributed by atoms with Gasteiger partial charge in [0.15, 0.2) is 11.5 Å². The highest BCUT2D eigenvalue weighted by Gasteiger charge is 2.11. The van der Waals surface area contributed by atoms with Crippen molar-refractivity contribution in [2.24, 2.45) is 0 Å². The molecule has 4 heteroatoms. The van der Waals surface area contributed by atoms with Crippen LogP contribution in [-0.4, -0.2) is 20.3 Å².